The van der Waals surface area contributed by atoms with Crippen LogP contribution in [0.4, 0.5) is 0 Å². The van der Waals surface area contributed by atoms with Gasteiger partial charge in [-0.3, -0.25) is 9.69 Å². The highest BCUT2D eigenvalue weighted by molar-refractivity contribution is 7.12. The molecule has 1 amide bonds. The molecule has 2 aliphatic rings. The maximum absolute atomic E-state index is 12.6. The maximum atomic E-state index is 12.6. The Kier molecular flexibility index (Phi) is 4.91. The lowest BCUT2D eigenvalue weighted by atomic mass is 9.98. The fourth-order valence-electron chi connectivity index (χ4n) is 3.87. The number of amides is 1. The van der Waals surface area contributed by atoms with E-state index in [9.17, 15) is 4.79 Å². The number of fused-ring (bicyclic) bond motifs is 1. The number of carbonyl (C=O) groups excluding carboxylic acids is 1. The summed E-state index contributed by atoms with van der Waals surface area (Å²) in [6.07, 6.45) is 4.64. The lowest BCUT2D eigenvalue weighted by molar-refractivity contribution is 0.0929. The molecule has 1 fully saturated rings. The Morgan fingerprint density at radius 1 is 1.28 bits per heavy atom. The molecule has 1 aromatic heterocycles. The van der Waals surface area contributed by atoms with Gasteiger partial charge in [-0.2, -0.15) is 0 Å². The molecule has 0 spiro atoms. The Morgan fingerprint density at radius 3 is 2.84 bits per heavy atom. The van der Waals surface area contributed by atoms with Crippen molar-refractivity contribution in [3.63, 3.8) is 0 Å². The van der Waals surface area contributed by atoms with E-state index in [4.69, 9.17) is 0 Å². The smallest absolute Gasteiger partial charge is 0.261 e. The number of benzene rings is 1. The first-order chi connectivity index (χ1) is 12.3. The van der Waals surface area contributed by atoms with Crippen LogP contribution >= 0.6 is 11.3 Å². The molecule has 0 bridgehead atoms. The molecule has 1 aromatic carbocycles. The first-order valence-corrected chi connectivity index (χ1v) is 10.3. The maximum Gasteiger partial charge on any atom is 0.261 e. The van der Waals surface area contributed by atoms with Crippen LogP contribution in [0.15, 0.2) is 35.7 Å². The van der Waals surface area contributed by atoms with E-state index < -0.39 is 0 Å². The summed E-state index contributed by atoms with van der Waals surface area (Å²) in [5.74, 6) is 0.750. The van der Waals surface area contributed by atoms with E-state index in [0.29, 0.717) is 12.0 Å². The topological polar surface area (TPSA) is 32.3 Å². The second-order valence-corrected chi connectivity index (χ2v) is 8.16. The molecule has 1 N–H and O–H groups in total. The van der Waals surface area contributed by atoms with E-state index >= 15 is 0 Å². The van der Waals surface area contributed by atoms with Crippen LogP contribution in [-0.4, -0.2) is 29.9 Å². The van der Waals surface area contributed by atoms with Crippen LogP contribution in [0, 0.1) is 0 Å². The first-order valence-electron chi connectivity index (χ1n) is 9.42. The summed E-state index contributed by atoms with van der Waals surface area (Å²) < 4.78 is 0. The fourth-order valence-corrected chi connectivity index (χ4v) is 4.77. The molecular formula is C21H26N2OS. The van der Waals surface area contributed by atoms with Gasteiger partial charge < -0.3 is 5.32 Å². The number of nitrogens with one attached hydrogen (secondary N) is 1. The Hall–Kier alpha value is -1.65. The zero-order chi connectivity index (χ0) is 17.2. The van der Waals surface area contributed by atoms with Crippen LogP contribution in [0.3, 0.4) is 0 Å². The molecule has 1 saturated carbocycles. The van der Waals surface area contributed by atoms with Crippen molar-refractivity contribution in [3.8, 4) is 0 Å². The molecular weight excluding hydrogens is 328 g/mol. The second kappa shape index (κ2) is 7.30. The van der Waals surface area contributed by atoms with Crippen LogP contribution < -0.4 is 5.32 Å². The second-order valence-electron chi connectivity index (χ2n) is 7.24. The fraction of sp³-hybridized carbons (Fsp3) is 0.476. The number of thiophene rings is 1. The minimum absolute atomic E-state index is 0.118. The van der Waals surface area contributed by atoms with Crippen LogP contribution in [0.2, 0.25) is 0 Å². The van der Waals surface area contributed by atoms with E-state index in [2.05, 4.69) is 52.9 Å². The SMILES string of the molecule is CCC(CNC(=O)c1sccc1C1CC1)N1CCc2ccccc2C1. The zero-order valence-corrected chi connectivity index (χ0v) is 15.6. The van der Waals surface area contributed by atoms with Gasteiger partial charge in [0.2, 0.25) is 0 Å². The van der Waals surface area contributed by atoms with Crippen LogP contribution in [0.25, 0.3) is 0 Å². The quantitative estimate of drug-likeness (QED) is 0.843. The van der Waals surface area contributed by atoms with Crippen molar-refractivity contribution in [1.29, 1.82) is 0 Å². The summed E-state index contributed by atoms with van der Waals surface area (Å²) in [4.78, 5) is 16.1. The monoisotopic (exact) mass is 354 g/mol. The molecule has 1 aliphatic carbocycles. The van der Waals surface area contributed by atoms with E-state index in [1.54, 1.807) is 11.3 Å². The van der Waals surface area contributed by atoms with E-state index in [1.807, 2.05) is 0 Å². The van der Waals surface area contributed by atoms with Gasteiger partial charge in [0, 0.05) is 25.7 Å². The van der Waals surface area contributed by atoms with Crippen molar-refractivity contribution in [3.05, 3.63) is 57.3 Å². The number of hydrogen-bond donors (Lipinski definition) is 1. The van der Waals surface area contributed by atoms with Gasteiger partial charge in [-0.05, 0) is 59.7 Å². The summed E-state index contributed by atoms with van der Waals surface area (Å²) in [5, 5.41) is 5.27. The standard InChI is InChI=1S/C21H26N2OS/c1-2-18(23-11-9-15-5-3-4-6-17(15)14-23)13-22-21(24)20-19(10-12-25-20)16-7-8-16/h3-6,10,12,16,18H,2,7-9,11,13-14H2,1H3,(H,22,24). The number of rotatable bonds is 6. The Labute approximate surface area is 154 Å². The average molecular weight is 355 g/mol. The van der Waals surface area contributed by atoms with Gasteiger partial charge in [-0.1, -0.05) is 31.2 Å². The summed E-state index contributed by atoms with van der Waals surface area (Å²) in [6, 6.07) is 11.3. The van der Waals surface area contributed by atoms with Gasteiger partial charge in [0.15, 0.2) is 0 Å². The third kappa shape index (κ3) is 3.65. The van der Waals surface area contributed by atoms with Crippen LogP contribution in [0.1, 0.15) is 58.5 Å². The first kappa shape index (κ1) is 16.8. The van der Waals surface area contributed by atoms with Crippen molar-refractivity contribution < 1.29 is 4.79 Å². The molecule has 4 rings (SSSR count). The van der Waals surface area contributed by atoms with Gasteiger partial charge >= 0.3 is 0 Å². The summed E-state index contributed by atoms with van der Waals surface area (Å²) in [6.45, 7) is 5.03. The van der Waals surface area contributed by atoms with Gasteiger partial charge in [0.25, 0.3) is 5.91 Å². The molecule has 1 aliphatic heterocycles. The van der Waals surface area contributed by atoms with E-state index in [0.717, 1.165) is 37.4 Å². The zero-order valence-electron chi connectivity index (χ0n) is 14.8. The summed E-state index contributed by atoms with van der Waals surface area (Å²) in [5.41, 5.74) is 4.18. The molecule has 3 nitrogen and oxygen atoms in total. The molecule has 132 valence electrons. The van der Waals surface area contributed by atoms with Crippen molar-refractivity contribution in [2.75, 3.05) is 13.1 Å². The number of nitrogens with zero attached hydrogens (tertiary/aromatic N) is 1. The van der Waals surface area contributed by atoms with Crippen molar-refractivity contribution in [2.24, 2.45) is 0 Å². The summed E-state index contributed by atoms with van der Waals surface area (Å²) >= 11 is 1.59. The van der Waals surface area contributed by atoms with Crippen molar-refractivity contribution in [2.45, 2.75) is 51.1 Å². The lowest BCUT2D eigenvalue weighted by Crippen LogP contribution is -2.45. The summed E-state index contributed by atoms with van der Waals surface area (Å²) in [7, 11) is 0. The molecule has 1 unspecified atom stereocenters. The average Bonchev–Trinajstić information content (AvgIpc) is 3.38. The molecule has 25 heavy (non-hydrogen) atoms. The van der Waals surface area contributed by atoms with Gasteiger partial charge in [-0.15, -0.1) is 11.3 Å². The lowest BCUT2D eigenvalue weighted by Gasteiger charge is -2.35. The van der Waals surface area contributed by atoms with Crippen LogP contribution in [-0.2, 0) is 13.0 Å². The number of hydrogen-bond acceptors (Lipinski definition) is 3. The highest BCUT2D eigenvalue weighted by Gasteiger charge is 2.29. The Balaban J connectivity index is 1.37. The molecule has 2 aromatic rings. The van der Waals surface area contributed by atoms with Crippen LogP contribution in [0.5, 0.6) is 0 Å². The minimum atomic E-state index is 0.118. The minimum Gasteiger partial charge on any atom is -0.350 e. The molecule has 0 radical (unpaired) electrons. The Morgan fingerprint density at radius 2 is 2.08 bits per heavy atom. The van der Waals surface area contributed by atoms with Gasteiger partial charge in [0.1, 0.15) is 0 Å². The van der Waals surface area contributed by atoms with Gasteiger partial charge in [0.05, 0.1) is 4.88 Å². The van der Waals surface area contributed by atoms with E-state index in [1.165, 1.54) is 29.5 Å². The predicted octanol–water partition coefficient (Wildman–Crippen LogP) is 4.19. The normalized spacial score (nSPS) is 18.6. The predicted molar refractivity (Wildman–Crippen MR) is 103 cm³/mol. The van der Waals surface area contributed by atoms with Crippen molar-refractivity contribution in [1.82, 2.24) is 10.2 Å². The third-order valence-electron chi connectivity index (χ3n) is 5.57. The largest absolute Gasteiger partial charge is 0.350 e. The van der Waals surface area contributed by atoms with Crippen molar-refractivity contribution >= 4 is 17.2 Å². The molecule has 4 heteroatoms. The highest BCUT2D eigenvalue weighted by Crippen LogP contribution is 2.43. The van der Waals surface area contributed by atoms with E-state index in [-0.39, 0.29) is 5.91 Å². The number of carbonyl (C=O) groups is 1. The molecule has 2 heterocycles. The Bertz CT molecular complexity index is 750. The highest BCUT2D eigenvalue weighted by atomic mass is 32.1. The third-order valence-corrected chi connectivity index (χ3v) is 6.49. The molecule has 1 atom stereocenters. The molecule has 0 saturated heterocycles. The van der Waals surface area contributed by atoms with Gasteiger partial charge in [-0.25, -0.2) is 0 Å².